The number of benzene rings is 1. The molecule has 1 aromatic heterocycles. The van der Waals surface area contributed by atoms with Gasteiger partial charge in [-0.2, -0.15) is 0 Å². The largest absolute Gasteiger partial charge is 0.497 e. The third kappa shape index (κ3) is 4.05. The fourth-order valence-electron chi connectivity index (χ4n) is 2.17. The van der Waals surface area contributed by atoms with Crippen LogP contribution in [-0.4, -0.2) is 26.0 Å². The number of nitrogens with one attached hydrogen (secondary N) is 2. The van der Waals surface area contributed by atoms with E-state index in [1.165, 1.54) is 25.6 Å². The molecular formula is C17H20N2O4S. The Morgan fingerprint density at radius 1 is 1.00 bits per heavy atom. The van der Waals surface area contributed by atoms with Crippen molar-refractivity contribution in [2.75, 3.05) is 14.2 Å². The molecule has 2 aromatic rings. The second-order valence-corrected chi connectivity index (χ2v) is 6.31. The van der Waals surface area contributed by atoms with Gasteiger partial charge in [-0.05, 0) is 37.1 Å². The topological polar surface area (TPSA) is 76.7 Å². The van der Waals surface area contributed by atoms with Gasteiger partial charge < -0.3 is 9.47 Å². The molecule has 6 nitrogen and oxygen atoms in total. The van der Waals surface area contributed by atoms with Crippen molar-refractivity contribution in [1.29, 1.82) is 0 Å². The molecule has 0 unspecified atom stereocenters. The van der Waals surface area contributed by atoms with Crippen LogP contribution in [0.5, 0.6) is 11.5 Å². The molecule has 0 aliphatic heterocycles. The lowest BCUT2D eigenvalue weighted by molar-refractivity contribution is 0.0848. The second kappa shape index (κ2) is 7.83. The Labute approximate surface area is 144 Å². The van der Waals surface area contributed by atoms with Gasteiger partial charge in [-0.1, -0.05) is 6.92 Å². The summed E-state index contributed by atoms with van der Waals surface area (Å²) in [5, 5.41) is 0. The van der Waals surface area contributed by atoms with Gasteiger partial charge in [0.2, 0.25) is 0 Å². The number of carbonyl (C=O) groups excluding carboxylic acids is 2. The van der Waals surface area contributed by atoms with Crippen LogP contribution in [0, 0.1) is 6.92 Å². The predicted molar refractivity (Wildman–Crippen MR) is 92.9 cm³/mol. The summed E-state index contributed by atoms with van der Waals surface area (Å²) in [5.41, 5.74) is 6.29. The normalized spacial score (nSPS) is 10.2. The zero-order chi connectivity index (χ0) is 17.7. The molecule has 2 rings (SSSR count). The van der Waals surface area contributed by atoms with Crippen LogP contribution in [-0.2, 0) is 6.42 Å². The van der Waals surface area contributed by atoms with Crippen LogP contribution in [0.25, 0.3) is 0 Å². The van der Waals surface area contributed by atoms with Gasteiger partial charge >= 0.3 is 0 Å². The minimum atomic E-state index is -0.454. The van der Waals surface area contributed by atoms with Gasteiger partial charge in [0.05, 0.1) is 19.1 Å². The van der Waals surface area contributed by atoms with Crippen LogP contribution < -0.4 is 20.3 Å². The van der Waals surface area contributed by atoms with E-state index in [1.54, 1.807) is 18.2 Å². The van der Waals surface area contributed by atoms with Crippen molar-refractivity contribution in [1.82, 2.24) is 10.9 Å². The summed E-state index contributed by atoms with van der Waals surface area (Å²) in [7, 11) is 3.01. The average molecular weight is 348 g/mol. The molecule has 1 heterocycles. The SMILES string of the molecule is CCc1cc(C(=O)NNC(=O)c2cc(OC)cc(OC)c2)sc1C. The van der Waals surface area contributed by atoms with E-state index in [1.807, 2.05) is 19.9 Å². The van der Waals surface area contributed by atoms with Gasteiger partial charge in [0.15, 0.2) is 0 Å². The first-order valence-electron chi connectivity index (χ1n) is 7.41. The number of amides is 2. The summed E-state index contributed by atoms with van der Waals surface area (Å²) >= 11 is 1.40. The van der Waals surface area contributed by atoms with E-state index in [0.717, 1.165) is 16.9 Å². The molecule has 0 aliphatic carbocycles. The fourth-order valence-corrected chi connectivity index (χ4v) is 3.18. The van der Waals surface area contributed by atoms with Crippen LogP contribution in [0.15, 0.2) is 24.3 Å². The third-order valence-corrected chi connectivity index (χ3v) is 4.62. The molecule has 0 fully saturated rings. The Bertz CT molecular complexity index is 733. The Morgan fingerprint density at radius 2 is 1.58 bits per heavy atom. The predicted octanol–water partition coefficient (Wildman–Crippen LogP) is 2.71. The van der Waals surface area contributed by atoms with E-state index in [4.69, 9.17) is 9.47 Å². The maximum absolute atomic E-state index is 12.2. The molecule has 24 heavy (non-hydrogen) atoms. The molecular weight excluding hydrogens is 328 g/mol. The molecule has 0 saturated heterocycles. The van der Waals surface area contributed by atoms with Crippen LogP contribution in [0.2, 0.25) is 0 Å². The van der Waals surface area contributed by atoms with Gasteiger partial charge in [0, 0.05) is 16.5 Å². The number of methoxy groups -OCH3 is 2. The molecule has 1 aromatic carbocycles. The zero-order valence-electron chi connectivity index (χ0n) is 14.1. The summed E-state index contributed by atoms with van der Waals surface area (Å²) in [6, 6.07) is 6.63. The third-order valence-electron chi connectivity index (χ3n) is 3.53. The number of carbonyl (C=O) groups is 2. The number of hydrogen-bond donors (Lipinski definition) is 2. The number of ether oxygens (including phenoxy) is 2. The van der Waals surface area contributed by atoms with E-state index in [9.17, 15) is 9.59 Å². The van der Waals surface area contributed by atoms with Crippen molar-refractivity contribution >= 4 is 23.2 Å². The van der Waals surface area contributed by atoms with Gasteiger partial charge in [0.25, 0.3) is 11.8 Å². The number of hydrogen-bond acceptors (Lipinski definition) is 5. The van der Waals surface area contributed by atoms with E-state index >= 15 is 0 Å². The fraction of sp³-hybridized carbons (Fsp3) is 0.294. The Morgan fingerprint density at radius 3 is 2.08 bits per heavy atom. The van der Waals surface area contributed by atoms with Crippen LogP contribution in [0.4, 0.5) is 0 Å². The highest BCUT2D eigenvalue weighted by atomic mass is 32.1. The molecule has 0 spiro atoms. The lowest BCUT2D eigenvalue weighted by atomic mass is 10.2. The molecule has 2 amide bonds. The van der Waals surface area contributed by atoms with Crippen molar-refractivity contribution < 1.29 is 19.1 Å². The molecule has 0 bridgehead atoms. The monoisotopic (exact) mass is 348 g/mol. The summed E-state index contributed by atoms with van der Waals surface area (Å²) in [6.45, 7) is 4.01. The highest BCUT2D eigenvalue weighted by Gasteiger charge is 2.14. The van der Waals surface area contributed by atoms with E-state index in [0.29, 0.717) is 21.9 Å². The molecule has 0 atom stereocenters. The van der Waals surface area contributed by atoms with E-state index in [-0.39, 0.29) is 5.91 Å². The lowest BCUT2D eigenvalue weighted by Gasteiger charge is -2.09. The maximum Gasteiger partial charge on any atom is 0.279 e. The van der Waals surface area contributed by atoms with Gasteiger partial charge in [-0.25, -0.2) is 0 Å². The Kier molecular flexibility index (Phi) is 5.81. The summed E-state index contributed by atoms with van der Waals surface area (Å²) < 4.78 is 10.3. The second-order valence-electron chi connectivity index (χ2n) is 5.06. The van der Waals surface area contributed by atoms with E-state index < -0.39 is 5.91 Å². The molecule has 0 radical (unpaired) electrons. The Balaban J connectivity index is 2.05. The summed E-state index contributed by atoms with van der Waals surface area (Å²) in [4.78, 5) is 26.0. The summed E-state index contributed by atoms with van der Waals surface area (Å²) in [6.07, 6.45) is 0.867. The van der Waals surface area contributed by atoms with Gasteiger partial charge in [-0.3, -0.25) is 20.4 Å². The number of hydrazine groups is 1. The highest BCUT2D eigenvalue weighted by molar-refractivity contribution is 7.14. The number of thiophene rings is 1. The molecule has 128 valence electrons. The Hall–Kier alpha value is -2.54. The quantitative estimate of drug-likeness (QED) is 0.815. The first-order chi connectivity index (χ1) is 11.5. The lowest BCUT2D eigenvalue weighted by Crippen LogP contribution is -2.41. The van der Waals surface area contributed by atoms with Crippen molar-refractivity contribution in [3.05, 3.63) is 45.1 Å². The number of rotatable bonds is 5. The maximum atomic E-state index is 12.2. The first kappa shape index (κ1) is 17.8. The van der Waals surface area contributed by atoms with Gasteiger partial charge in [-0.15, -0.1) is 11.3 Å². The molecule has 0 saturated carbocycles. The van der Waals surface area contributed by atoms with Crippen LogP contribution in [0.3, 0.4) is 0 Å². The van der Waals surface area contributed by atoms with Crippen LogP contribution >= 0.6 is 11.3 Å². The standard InChI is InChI=1S/C17H20N2O4S/c1-5-11-8-15(24-10(11)2)17(21)19-18-16(20)12-6-13(22-3)9-14(7-12)23-4/h6-9H,5H2,1-4H3,(H,18,20)(H,19,21). The van der Waals surface area contributed by atoms with Crippen molar-refractivity contribution in [2.24, 2.45) is 0 Å². The summed E-state index contributed by atoms with van der Waals surface area (Å²) in [5.74, 6) is 0.190. The van der Waals surface area contributed by atoms with Crippen molar-refractivity contribution in [3.63, 3.8) is 0 Å². The minimum Gasteiger partial charge on any atom is -0.497 e. The van der Waals surface area contributed by atoms with Gasteiger partial charge in [0.1, 0.15) is 11.5 Å². The first-order valence-corrected chi connectivity index (χ1v) is 8.23. The minimum absolute atomic E-state index is 0.322. The van der Waals surface area contributed by atoms with Crippen molar-refractivity contribution in [3.8, 4) is 11.5 Å². The van der Waals surface area contributed by atoms with Crippen LogP contribution in [0.1, 0.15) is 37.4 Å². The van der Waals surface area contributed by atoms with Crippen molar-refractivity contribution in [2.45, 2.75) is 20.3 Å². The van der Waals surface area contributed by atoms with E-state index in [2.05, 4.69) is 10.9 Å². The molecule has 2 N–H and O–H groups in total. The number of aryl methyl sites for hydroxylation is 2. The zero-order valence-corrected chi connectivity index (χ0v) is 14.9. The highest BCUT2D eigenvalue weighted by Crippen LogP contribution is 2.23. The average Bonchev–Trinajstić information content (AvgIpc) is 2.99. The molecule has 0 aliphatic rings. The smallest absolute Gasteiger partial charge is 0.279 e. The molecule has 7 heteroatoms.